The summed E-state index contributed by atoms with van der Waals surface area (Å²) < 4.78 is 50.7. The van der Waals surface area contributed by atoms with Gasteiger partial charge < -0.3 is 19.7 Å². The van der Waals surface area contributed by atoms with Crippen LogP contribution in [0.2, 0.25) is 0 Å². The Balaban J connectivity index is 1.53. The van der Waals surface area contributed by atoms with Gasteiger partial charge in [0, 0.05) is 25.2 Å². The predicted octanol–water partition coefficient (Wildman–Crippen LogP) is 2.82. The number of ether oxygens (including phenoxy) is 2. The van der Waals surface area contributed by atoms with Crippen LogP contribution < -0.4 is 24.4 Å². The third-order valence-corrected chi connectivity index (χ3v) is 6.66. The quantitative estimate of drug-likeness (QED) is 0.517. The molecule has 35 heavy (non-hydrogen) atoms. The summed E-state index contributed by atoms with van der Waals surface area (Å²) in [4.78, 5) is 27.1. The van der Waals surface area contributed by atoms with Gasteiger partial charge in [-0.15, -0.1) is 0 Å². The number of carbonyl (C=O) groups is 2. The fourth-order valence-corrected chi connectivity index (χ4v) is 4.40. The lowest BCUT2D eigenvalue weighted by Crippen LogP contribution is -2.52. The first-order valence-electron chi connectivity index (χ1n) is 10.5. The van der Waals surface area contributed by atoms with Crippen LogP contribution in [0.15, 0.2) is 77.7 Å². The van der Waals surface area contributed by atoms with Gasteiger partial charge in [-0.1, -0.05) is 30.3 Å². The highest BCUT2D eigenvalue weighted by molar-refractivity contribution is 7.90. The average Bonchev–Trinajstić information content (AvgIpc) is 3.31. The molecule has 0 fully saturated rings. The molecule has 1 atom stereocenters. The van der Waals surface area contributed by atoms with E-state index in [4.69, 9.17) is 9.47 Å². The number of sulfonamides is 1. The van der Waals surface area contributed by atoms with Crippen molar-refractivity contribution in [1.82, 2.24) is 10.0 Å². The van der Waals surface area contributed by atoms with Crippen LogP contribution in [0.25, 0.3) is 0 Å². The van der Waals surface area contributed by atoms with Gasteiger partial charge in [-0.2, -0.15) is 0 Å². The Labute approximate surface area is 201 Å². The molecule has 1 aliphatic rings. The number of amides is 3. The van der Waals surface area contributed by atoms with E-state index < -0.39 is 33.8 Å². The van der Waals surface area contributed by atoms with Gasteiger partial charge in [0.1, 0.15) is 11.9 Å². The lowest BCUT2D eigenvalue weighted by Gasteiger charge is -2.25. The minimum Gasteiger partial charge on any atom is -0.454 e. The number of nitrogens with zero attached hydrogens (tertiary/aromatic N) is 1. The molecule has 3 aromatic rings. The minimum absolute atomic E-state index is 0.0807. The second kappa shape index (κ2) is 10.0. The van der Waals surface area contributed by atoms with Crippen LogP contribution in [0.4, 0.5) is 14.9 Å². The van der Waals surface area contributed by atoms with Crippen LogP contribution in [-0.2, 0) is 21.2 Å². The Kier molecular flexibility index (Phi) is 6.87. The molecule has 182 valence electrons. The average molecular weight is 500 g/mol. The molecule has 0 spiro atoms. The molecule has 0 saturated carbocycles. The van der Waals surface area contributed by atoms with Crippen molar-refractivity contribution < 1.29 is 31.9 Å². The fourth-order valence-electron chi connectivity index (χ4n) is 3.49. The maximum Gasteiger partial charge on any atom is 0.329 e. The SMILES string of the molecule is CN(C(=O)[C@H](Cc1ccccc1)NC(=O)NS(=O)(=O)c1ccc(F)cc1)c1ccc2c(c1)OCO2. The Bertz CT molecular complexity index is 1330. The smallest absolute Gasteiger partial charge is 0.329 e. The summed E-state index contributed by atoms with van der Waals surface area (Å²) in [7, 11) is -2.75. The molecular weight excluding hydrogens is 477 g/mol. The van der Waals surface area contributed by atoms with E-state index in [9.17, 15) is 22.4 Å². The van der Waals surface area contributed by atoms with Crippen LogP contribution >= 0.6 is 0 Å². The van der Waals surface area contributed by atoms with Crippen LogP contribution in [0.3, 0.4) is 0 Å². The summed E-state index contributed by atoms with van der Waals surface area (Å²) in [6, 6.07) is 15.7. The van der Waals surface area contributed by atoms with E-state index in [1.54, 1.807) is 42.5 Å². The number of hydrogen-bond acceptors (Lipinski definition) is 6. The fraction of sp³-hybridized carbons (Fsp3) is 0.167. The van der Waals surface area contributed by atoms with Crippen molar-refractivity contribution in [3.63, 3.8) is 0 Å². The number of halogens is 1. The number of fused-ring (bicyclic) bond motifs is 1. The second-order valence-corrected chi connectivity index (χ2v) is 9.39. The molecular formula is C24H22FN3O6S. The number of hydrogen-bond donors (Lipinski definition) is 2. The van der Waals surface area contributed by atoms with Gasteiger partial charge in [-0.25, -0.2) is 22.3 Å². The minimum atomic E-state index is -4.28. The van der Waals surface area contributed by atoms with E-state index >= 15 is 0 Å². The van der Waals surface area contributed by atoms with Gasteiger partial charge in [0.2, 0.25) is 12.7 Å². The van der Waals surface area contributed by atoms with Crippen molar-refractivity contribution in [3.8, 4) is 11.5 Å². The molecule has 1 heterocycles. The highest BCUT2D eigenvalue weighted by Crippen LogP contribution is 2.35. The molecule has 0 unspecified atom stereocenters. The summed E-state index contributed by atoms with van der Waals surface area (Å²) >= 11 is 0. The topological polar surface area (TPSA) is 114 Å². The van der Waals surface area contributed by atoms with Crippen LogP contribution in [0.5, 0.6) is 11.5 Å². The third-order valence-electron chi connectivity index (χ3n) is 5.31. The number of nitrogens with one attached hydrogen (secondary N) is 2. The van der Waals surface area contributed by atoms with E-state index in [1.807, 2.05) is 10.8 Å². The van der Waals surface area contributed by atoms with Crippen molar-refractivity contribution in [1.29, 1.82) is 0 Å². The van der Waals surface area contributed by atoms with Crippen LogP contribution in [0, 0.1) is 5.82 Å². The highest BCUT2D eigenvalue weighted by Gasteiger charge is 2.28. The van der Waals surface area contributed by atoms with Crippen LogP contribution in [0.1, 0.15) is 5.56 Å². The number of anilines is 1. The number of likely N-dealkylation sites (N-methyl/N-ethyl adjacent to an activating group) is 1. The zero-order valence-electron chi connectivity index (χ0n) is 18.6. The third kappa shape index (κ3) is 5.69. The molecule has 3 amide bonds. The molecule has 0 saturated heterocycles. The second-order valence-electron chi connectivity index (χ2n) is 7.71. The Morgan fingerprint density at radius 1 is 1.00 bits per heavy atom. The van der Waals surface area contributed by atoms with E-state index in [1.165, 1.54) is 11.9 Å². The van der Waals surface area contributed by atoms with E-state index in [2.05, 4.69) is 5.32 Å². The lowest BCUT2D eigenvalue weighted by atomic mass is 10.0. The Morgan fingerprint density at radius 3 is 2.40 bits per heavy atom. The zero-order valence-corrected chi connectivity index (χ0v) is 19.4. The van der Waals surface area contributed by atoms with Gasteiger partial charge in [-0.05, 0) is 42.0 Å². The highest BCUT2D eigenvalue weighted by atomic mass is 32.2. The van der Waals surface area contributed by atoms with E-state index in [-0.39, 0.29) is 18.1 Å². The van der Waals surface area contributed by atoms with Gasteiger partial charge in [-0.3, -0.25) is 4.79 Å². The zero-order chi connectivity index (χ0) is 25.0. The van der Waals surface area contributed by atoms with E-state index in [0.29, 0.717) is 17.2 Å². The summed E-state index contributed by atoms with van der Waals surface area (Å²) in [6.45, 7) is 0.0807. The van der Waals surface area contributed by atoms with Gasteiger partial charge in [0.05, 0.1) is 4.90 Å². The number of urea groups is 1. The van der Waals surface area contributed by atoms with Gasteiger partial charge in [0.15, 0.2) is 11.5 Å². The largest absolute Gasteiger partial charge is 0.454 e. The molecule has 1 aliphatic heterocycles. The molecule has 2 N–H and O–H groups in total. The summed E-state index contributed by atoms with van der Waals surface area (Å²) in [6.07, 6.45) is 0.110. The first kappa shape index (κ1) is 24.0. The van der Waals surface area contributed by atoms with Gasteiger partial charge >= 0.3 is 6.03 Å². The van der Waals surface area contributed by atoms with E-state index in [0.717, 1.165) is 29.8 Å². The first-order chi connectivity index (χ1) is 16.7. The number of rotatable bonds is 7. The lowest BCUT2D eigenvalue weighted by molar-refractivity contribution is -0.120. The van der Waals surface area contributed by atoms with Crippen molar-refractivity contribution in [3.05, 3.63) is 84.2 Å². The number of carbonyl (C=O) groups excluding carboxylic acids is 2. The van der Waals surface area contributed by atoms with Crippen molar-refractivity contribution in [2.75, 3.05) is 18.7 Å². The molecule has 9 nitrogen and oxygen atoms in total. The first-order valence-corrected chi connectivity index (χ1v) is 12.0. The molecule has 0 aliphatic carbocycles. The molecule has 0 bridgehead atoms. The molecule has 3 aromatic carbocycles. The maximum absolute atomic E-state index is 13.4. The van der Waals surface area contributed by atoms with Crippen molar-refractivity contribution in [2.45, 2.75) is 17.4 Å². The molecule has 4 rings (SSSR count). The summed E-state index contributed by atoms with van der Waals surface area (Å²) in [5.74, 6) is -0.0627. The Hall–Kier alpha value is -4.12. The summed E-state index contributed by atoms with van der Waals surface area (Å²) in [5, 5.41) is 2.46. The summed E-state index contributed by atoms with van der Waals surface area (Å²) in [5.41, 5.74) is 1.25. The van der Waals surface area contributed by atoms with Crippen molar-refractivity contribution >= 4 is 27.6 Å². The van der Waals surface area contributed by atoms with Gasteiger partial charge in [0.25, 0.3) is 10.0 Å². The normalized spacial score (nSPS) is 13.1. The maximum atomic E-state index is 13.4. The van der Waals surface area contributed by atoms with Crippen molar-refractivity contribution in [2.24, 2.45) is 0 Å². The molecule has 0 radical (unpaired) electrons. The predicted molar refractivity (Wildman–Crippen MR) is 125 cm³/mol. The van der Waals surface area contributed by atoms with Crippen LogP contribution in [-0.4, -0.2) is 40.2 Å². The molecule has 11 heteroatoms. The standard InChI is InChI=1S/C24H22FN3O6S/c1-28(18-9-12-21-22(14-18)34-15-33-21)23(29)20(13-16-5-3-2-4-6-16)26-24(30)27-35(31,32)19-10-7-17(25)8-11-19/h2-12,14,20H,13,15H2,1H3,(H2,26,27,30)/t20-/m0/s1. The molecule has 0 aromatic heterocycles. The Morgan fingerprint density at radius 2 is 1.69 bits per heavy atom. The monoisotopic (exact) mass is 499 g/mol. The number of benzene rings is 3.